The van der Waals surface area contributed by atoms with Gasteiger partial charge in [-0.1, -0.05) is 41.5 Å². The van der Waals surface area contributed by atoms with E-state index in [-0.39, 0.29) is 11.3 Å². The summed E-state index contributed by atoms with van der Waals surface area (Å²) < 4.78 is 37.9. The molecule has 0 aromatic carbocycles. The van der Waals surface area contributed by atoms with E-state index in [9.17, 15) is 27.6 Å². The maximum absolute atomic E-state index is 11.9. The van der Waals surface area contributed by atoms with Gasteiger partial charge in [-0.3, -0.25) is 14.4 Å². The predicted molar refractivity (Wildman–Crippen MR) is 137 cm³/mol. The molecule has 3 heterocycles. The van der Waals surface area contributed by atoms with Crippen molar-refractivity contribution in [2.45, 2.75) is 53.8 Å². The van der Waals surface area contributed by atoms with Gasteiger partial charge in [-0.2, -0.15) is 33.3 Å². The fraction of sp³-hybridized carbons (Fsp3) is 0.583. The van der Waals surface area contributed by atoms with Gasteiger partial charge in [0, 0.05) is 23.1 Å². The van der Waals surface area contributed by atoms with Gasteiger partial charge in [0.1, 0.15) is 11.6 Å². The molecule has 0 spiro atoms. The van der Waals surface area contributed by atoms with Gasteiger partial charge in [0.05, 0.1) is 25.0 Å². The lowest BCUT2D eigenvalue weighted by Gasteiger charge is -2.22. The van der Waals surface area contributed by atoms with Crippen LogP contribution in [0.2, 0.25) is 0 Å². The SMILES string of the molecule is CC(C)C.C[C@H]1CN(C(=O)CNC(=O)C(F)(F)F)CC1(C)C.N#CC(NC=O)c1cnn2nccc(Br)c12. The molecule has 1 unspecified atom stereocenters. The van der Waals surface area contributed by atoms with Crippen molar-refractivity contribution in [3.8, 4) is 6.07 Å². The van der Waals surface area contributed by atoms with E-state index in [1.807, 2.05) is 26.8 Å². The topological polar surface area (TPSA) is 132 Å². The number of halogens is 4. The molecule has 0 bridgehead atoms. The lowest BCUT2D eigenvalue weighted by Crippen LogP contribution is -2.44. The Kier molecular flexibility index (Phi) is 12.2. The maximum Gasteiger partial charge on any atom is 0.471 e. The molecule has 1 saturated heterocycles. The summed E-state index contributed by atoms with van der Waals surface area (Å²) in [6.45, 7) is 12.9. The Hall–Kier alpha value is -3.21. The number of alkyl halides is 3. The molecule has 3 amide bonds. The normalized spacial score (nSPS) is 16.9. The second-order valence-corrected chi connectivity index (χ2v) is 10.9. The summed E-state index contributed by atoms with van der Waals surface area (Å²) in [5.74, 6) is -1.45. The molecule has 10 nitrogen and oxygen atoms in total. The largest absolute Gasteiger partial charge is 0.471 e. The van der Waals surface area contributed by atoms with Gasteiger partial charge in [0.25, 0.3) is 0 Å². The van der Waals surface area contributed by atoms with Crippen molar-refractivity contribution < 1.29 is 27.6 Å². The Bertz CT molecular complexity index is 1140. The van der Waals surface area contributed by atoms with E-state index in [1.165, 1.54) is 15.7 Å². The summed E-state index contributed by atoms with van der Waals surface area (Å²) in [6.07, 6.45) is -1.36. The van der Waals surface area contributed by atoms with Gasteiger partial charge in [-0.25, -0.2) is 0 Å². The van der Waals surface area contributed by atoms with Crippen LogP contribution in [-0.2, 0) is 14.4 Å². The monoisotopic (exact) mass is 603 g/mol. The van der Waals surface area contributed by atoms with Crippen molar-refractivity contribution >= 4 is 39.7 Å². The molecular weight excluding hydrogens is 571 g/mol. The number of fused-ring (bicyclic) bond motifs is 1. The molecule has 1 fully saturated rings. The van der Waals surface area contributed by atoms with Crippen LogP contribution in [0.1, 0.15) is 53.1 Å². The Balaban J connectivity index is 0.000000335. The number of likely N-dealkylation sites (tertiary alicyclic amines) is 1. The molecule has 0 aliphatic carbocycles. The van der Waals surface area contributed by atoms with Crippen molar-refractivity contribution in [2.24, 2.45) is 17.3 Å². The number of carbonyl (C=O) groups is 3. The highest BCUT2D eigenvalue weighted by Gasteiger charge is 2.41. The van der Waals surface area contributed by atoms with Gasteiger partial charge < -0.3 is 15.5 Å². The third-order valence-corrected chi connectivity index (χ3v) is 6.15. The highest BCUT2D eigenvalue weighted by Crippen LogP contribution is 2.34. The van der Waals surface area contributed by atoms with Crippen LogP contribution >= 0.6 is 15.9 Å². The lowest BCUT2D eigenvalue weighted by atomic mass is 9.84. The second kappa shape index (κ2) is 14.1. The third kappa shape index (κ3) is 9.59. The Morgan fingerprint density at radius 3 is 2.39 bits per heavy atom. The molecule has 1 aliphatic heterocycles. The molecule has 14 heteroatoms. The number of amides is 3. The van der Waals surface area contributed by atoms with Gasteiger partial charge >= 0.3 is 12.1 Å². The Morgan fingerprint density at radius 1 is 1.32 bits per heavy atom. The van der Waals surface area contributed by atoms with Crippen molar-refractivity contribution in [2.75, 3.05) is 19.6 Å². The van der Waals surface area contributed by atoms with Crippen LogP contribution < -0.4 is 10.6 Å². The minimum absolute atomic E-state index is 0.0519. The zero-order chi connectivity index (χ0) is 29.3. The standard InChI is InChI=1S/C11H17F3N2O2.C9H6BrN5O.C4H10/c1-7-5-16(6-10(7,2)3)8(17)4-15-9(18)11(12,13)14;10-7-1-2-13-15-9(7)6(4-14-15)8(3-11)12-5-16;1-4(2)3/h7H,4-6H2,1-3H3,(H,15,18);1-2,4-5,8H,(H,12,16);4H,1-3H3/t7-;;/m0../s1. The minimum atomic E-state index is -4.95. The summed E-state index contributed by atoms with van der Waals surface area (Å²) >= 11 is 3.35. The van der Waals surface area contributed by atoms with E-state index in [0.717, 1.165) is 10.4 Å². The summed E-state index contributed by atoms with van der Waals surface area (Å²) in [7, 11) is 0. The Morgan fingerprint density at radius 2 is 1.92 bits per heavy atom. The van der Waals surface area contributed by atoms with Crippen molar-refractivity contribution in [1.82, 2.24) is 30.4 Å². The number of aromatic nitrogens is 3. The molecule has 0 radical (unpaired) electrons. The van der Waals surface area contributed by atoms with E-state index < -0.39 is 30.6 Å². The van der Waals surface area contributed by atoms with Gasteiger partial charge in [-0.15, -0.1) is 0 Å². The zero-order valence-corrected chi connectivity index (χ0v) is 23.7. The molecule has 38 heavy (non-hydrogen) atoms. The van der Waals surface area contributed by atoms with Crippen LogP contribution in [0.3, 0.4) is 0 Å². The molecule has 210 valence electrons. The average Bonchev–Trinajstić information content (AvgIpc) is 3.36. The first kappa shape index (κ1) is 32.8. The summed E-state index contributed by atoms with van der Waals surface area (Å²) in [5.41, 5.74) is 1.22. The fourth-order valence-corrected chi connectivity index (χ4v) is 3.74. The second-order valence-electron chi connectivity index (χ2n) is 10.0. The van der Waals surface area contributed by atoms with Gasteiger partial charge in [-0.05, 0) is 39.2 Å². The molecule has 1 aliphatic rings. The molecule has 3 rings (SSSR count). The lowest BCUT2D eigenvalue weighted by molar-refractivity contribution is -0.174. The number of carbonyl (C=O) groups excluding carboxylic acids is 3. The molecular formula is C24H33BrF3N7O3. The quantitative estimate of drug-likeness (QED) is 0.501. The third-order valence-electron chi connectivity index (χ3n) is 5.51. The molecule has 2 atom stereocenters. The first-order valence-electron chi connectivity index (χ1n) is 11.8. The number of hydrogen-bond acceptors (Lipinski definition) is 6. The predicted octanol–water partition coefficient (Wildman–Crippen LogP) is 3.63. The maximum atomic E-state index is 11.9. The number of hydrogen-bond donors (Lipinski definition) is 2. The average molecular weight is 604 g/mol. The van der Waals surface area contributed by atoms with Crippen LogP contribution in [0.4, 0.5) is 13.2 Å². The van der Waals surface area contributed by atoms with E-state index in [0.29, 0.717) is 30.6 Å². The smallest absolute Gasteiger partial charge is 0.340 e. The first-order valence-corrected chi connectivity index (χ1v) is 12.5. The van der Waals surface area contributed by atoms with Crippen molar-refractivity contribution in [1.29, 1.82) is 5.26 Å². The van der Waals surface area contributed by atoms with E-state index in [2.05, 4.69) is 52.2 Å². The number of nitrogens with one attached hydrogen (secondary N) is 2. The molecule has 2 aromatic heterocycles. The Labute approximate surface area is 228 Å². The number of rotatable bonds is 5. The van der Waals surface area contributed by atoms with E-state index in [4.69, 9.17) is 5.26 Å². The highest BCUT2D eigenvalue weighted by molar-refractivity contribution is 9.10. The van der Waals surface area contributed by atoms with E-state index >= 15 is 0 Å². The molecule has 0 saturated carbocycles. The van der Waals surface area contributed by atoms with Gasteiger partial charge in [0.15, 0.2) is 0 Å². The fourth-order valence-electron chi connectivity index (χ4n) is 3.24. The van der Waals surface area contributed by atoms with Crippen molar-refractivity contribution in [3.63, 3.8) is 0 Å². The molecule has 2 aromatic rings. The van der Waals surface area contributed by atoms with Crippen LogP contribution in [0.25, 0.3) is 5.52 Å². The summed E-state index contributed by atoms with van der Waals surface area (Å²) in [5, 5.41) is 20.9. The van der Waals surface area contributed by atoms with Crippen LogP contribution in [0.5, 0.6) is 0 Å². The summed E-state index contributed by atoms with van der Waals surface area (Å²) in [6, 6.07) is 3.00. The van der Waals surface area contributed by atoms with Gasteiger partial charge in [0.2, 0.25) is 12.3 Å². The summed E-state index contributed by atoms with van der Waals surface area (Å²) in [4.78, 5) is 34.1. The first-order chi connectivity index (χ1) is 17.5. The minimum Gasteiger partial charge on any atom is -0.340 e. The zero-order valence-electron chi connectivity index (χ0n) is 22.1. The van der Waals surface area contributed by atoms with Crippen LogP contribution in [0, 0.1) is 28.6 Å². The number of nitriles is 1. The van der Waals surface area contributed by atoms with Crippen LogP contribution in [0.15, 0.2) is 22.9 Å². The van der Waals surface area contributed by atoms with E-state index in [1.54, 1.807) is 17.6 Å². The highest BCUT2D eigenvalue weighted by atomic mass is 79.9. The van der Waals surface area contributed by atoms with Crippen molar-refractivity contribution in [3.05, 3.63) is 28.5 Å². The number of nitrogens with zero attached hydrogens (tertiary/aromatic N) is 5. The van der Waals surface area contributed by atoms with Crippen LogP contribution in [-0.4, -0.2) is 63.8 Å². The molecule has 2 N–H and O–H groups in total.